The van der Waals surface area contributed by atoms with Gasteiger partial charge in [0.15, 0.2) is 6.10 Å². The maximum atomic E-state index is 12.0. The van der Waals surface area contributed by atoms with Crippen LogP contribution in [-0.2, 0) is 11.2 Å². The summed E-state index contributed by atoms with van der Waals surface area (Å²) < 4.78 is 0. The molecule has 110 valence electrons. The van der Waals surface area contributed by atoms with Crippen molar-refractivity contribution in [3.05, 3.63) is 35.4 Å². The molecule has 6 heteroatoms. The minimum Gasteiger partial charge on any atom is -0.479 e. The molecule has 0 heterocycles. The number of hydrogen-bond acceptors (Lipinski definition) is 4. The molecular formula is C14H20N2O4. The maximum absolute atomic E-state index is 12.0. The van der Waals surface area contributed by atoms with Gasteiger partial charge in [-0.1, -0.05) is 18.2 Å². The van der Waals surface area contributed by atoms with Gasteiger partial charge < -0.3 is 20.8 Å². The number of carbonyl (C=O) groups excluding carboxylic acids is 1. The van der Waals surface area contributed by atoms with Crippen molar-refractivity contribution in [2.45, 2.75) is 18.9 Å². The quantitative estimate of drug-likeness (QED) is 0.538. The second-order valence-corrected chi connectivity index (χ2v) is 4.41. The molecule has 0 unspecified atom stereocenters. The predicted molar refractivity (Wildman–Crippen MR) is 74.7 cm³/mol. The topological polar surface area (TPSA) is 98.7 Å². The second-order valence-electron chi connectivity index (χ2n) is 4.41. The molecule has 1 atom stereocenters. The highest BCUT2D eigenvalue weighted by Gasteiger charge is 2.14. The Morgan fingerprint density at radius 2 is 1.95 bits per heavy atom. The molecule has 0 saturated heterocycles. The van der Waals surface area contributed by atoms with Crippen LogP contribution in [0.2, 0.25) is 0 Å². The van der Waals surface area contributed by atoms with E-state index >= 15 is 0 Å². The van der Waals surface area contributed by atoms with Crippen molar-refractivity contribution in [3.63, 3.8) is 0 Å². The first-order valence-electron chi connectivity index (χ1n) is 6.47. The van der Waals surface area contributed by atoms with Crippen molar-refractivity contribution in [2.75, 3.05) is 20.1 Å². The molecule has 1 amide bonds. The van der Waals surface area contributed by atoms with E-state index in [-0.39, 0.29) is 18.9 Å². The Morgan fingerprint density at radius 3 is 2.60 bits per heavy atom. The highest BCUT2D eigenvalue weighted by molar-refractivity contribution is 5.95. The third kappa shape index (κ3) is 4.99. The average molecular weight is 280 g/mol. The Balaban J connectivity index is 2.56. The van der Waals surface area contributed by atoms with Crippen molar-refractivity contribution in [3.8, 4) is 0 Å². The summed E-state index contributed by atoms with van der Waals surface area (Å²) in [5.74, 6) is -1.54. The summed E-state index contributed by atoms with van der Waals surface area (Å²) in [5, 5.41) is 23.3. The highest BCUT2D eigenvalue weighted by atomic mass is 16.4. The van der Waals surface area contributed by atoms with Gasteiger partial charge in [0.25, 0.3) is 5.91 Å². The Morgan fingerprint density at radius 1 is 1.25 bits per heavy atom. The number of hydrogen-bond donors (Lipinski definition) is 4. The highest BCUT2D eigenvalue weighted by Crippen LogP contribution is 2.09. The first-order valence-corrected chi connectivity index (χ1v) is 6.47. The Labute approximate surface area is 117 Å². The molecular weight excluding hydrogens is 260 g/mol. The molecule has 20 heavy (non-hydrogen) atoms. The molecule has 0 radical (unpaired) electrons. The number of nitrogens with one attached hydrogen (secondary N) is 2. The van der Waals surface area contributed by atoms with E-state index in [0.717, 1.165) is 18.5 Å². The van der Waals surface area contributed by atoms with Crippen molar-refractivity contribution >= 4 is 11.9 Å². The van der Waals surface area contributed by atoms with Gasteiger partial charge in [-0.3, -0.25) is 4.79 Å². The number of amides is 1. The zero-order chi connectivity index (χ0) is 15.0. The van der Waals surface area contributed by atoms with Crippen molar-refractivity contribution in [1.82, 2.24) is 10.6 Å². The minimum absolute atomic E-state index is 0.0141. The number of rotatable bonds is 8. The van der Waals surface area contributed by atoms with Crippen LogP contribution in [0.3, 0.4) is 0 Å². The first kappa shape index (κ1) is 16.1. The minimum atomic E-state index is -1.45. The summed E-state index contributed by atoms with van der Waals surface area (Å²) in [6, 6.07) is 7.27. The van der Waals surface area contributed by atoms with E-state index in [4.69, 9.17) is 10.2 Å². The van der Waals surface area contributed by atoms with Crippen LogP contribution < -0.4 is 10.6 Å². The summed E-state index contributed by atoms with van der Waals surface area (Å²) >= 11 is 0. The molecule has 0 aromatic heterocycles. The van der Waals surface area contributed by atoms with Crippen LogP contribution in [-0.4, -0.2) is 48.3 Å². The standard InChI is InChI=1S/C14H20N2O4/c1-15-8-6-10-4-2-3-5-11(10)13(18)16-9-7-12(17)14(19)20/h2-5,12,15,17H,6-9H2,1H3,(H,16,18)(H,19,20)/t12-/m0/s1. The van der Waals surface area contributed by atoms with Crippen LogP contribution >= 0.6 is 0 Å². The van der Waals surface area contributed by atoms with Crippen molar-refractivity contribution < 1.29 is 19.8 Å². The third-order valence-corrected chi connectivity index (χ3v) is 2.89. The second kappa shape index (κ2) is 8.29. The molecule has 0 saturated carbocycles. The molecule has 0 aliphatic rings. The molecule has 1 rings (SSSR count). The van der Waals surface area contributed by atoms with Gasteiger partial charge in [0, 0.05) is 18.5 Å². The van der Waals surface area contributed by atoms with Crippen molar-refractivity contribution in [1.29, 1.82) is 0 Å². The molecule has 0 fully saturated rings. The zero-order valence-corrected chi connectivity index (χ0v) is 11.4. The number of benzene rings is 1. The number of carbonyl (C=O) groups is 2. The van der Waals surface area contributed by atoms with E-state index in [0.29, 0.717) is 5.56 Å². The van der Waals surface area contributed by atoms with Gasteiger partial charge in [-0.05, 0) is 31.6 Å². The Bertz CT molecular complexity index is 462. The van der Waals surface area contributed by atoms with E-state index in [2.05, 4.69) is 10.6 Å². The largest absolute Gasteiger partial charge is 0.479 e. The van der Waals surface area contributed by atoms with Crippen LogP contribution in [0, 0.1) is 0 Å². The lowest BCUT2D eigenvalue weighted by molar-refractivity contribution is -0.146. The number of aliphatic hydroxyl groups is 1. The van der Waals surface area contributed by atoms with Gasteiger partial charge in [-0.25, -0.2) is 4.79 Å². The van der Waals surface area contributed by atoms with Crippen LogP contribution in [0.15, 0.2) is 24.3 Å². The fraction of sp³-hybridized carbons (Fsp3) is 0.429. The monoisotopic (exact) mass is 280 g/mol. The van der Waals surface area contributed by atoms with E-state index in [1.54, 1.807) is 12.1 Å². The van der Waals surface area contributed by atoms with Gasteiger partial charge >= 0.3 is 5.97 Å². The lowest BCUT2D eigenvalue weighted by Crippen LogP contribution is -2.30. The van der Waals surface area contributed by atoms with E-state index in [9.17, 15) is 9.59 Å². The molecule has 0 aliphatic carbocycles. The number of aliphatic hydroxyl groups excluding tert-OH is 1. The summed E-state index contributed by atoms with van der Waals surface area (Å²) in [6.45, 7) is 0.884. The molecule has 4 N–H and O–H groups in total. The summed E-state index contributed by atoms with van der Waals surface area (Å²) in [7, 11) is 1.84. The molecule has 0 bridgehead atoms. The molecule has 0 spiro atoms. The Kier molecular flexibility index (Phi) is 6.69. The van der Waals surface area contributed by atoms with Crippen LogP contribution in [0.25, 0.3) is 0 Å². The van der Waals surface area contributed by atoms with Gasteiger partial charge in [-0.15, -0.1) is 0 Å². The smallest absolute Gasteiger partial charge is 0.332 e. The van der Waals surface area contributed by atoms with Gasteiger partial charge in [-0.2, -0.15) is 0 Å². The molecule has 6 nitrogen and oxygen atoms in total. The van der Waals surface area contributed by atoms with Gasteiger partial charge in [0.2, 0.25) is 0 Å². The van der Waals surface area contributed by atoms with Crippen LogP contribution in [0.5, 0.6) is 0 Å². The summed E-state index contributed by atoms with van der Waals surface area (Å²) in [5.41, 5.74) is 1.51. The van der Waals surface area contributed by atoms with E-state index < -0.39 is 12.1 Å². The molecule has 1 aromatic carbocycles. The SMILES string of the molecule is CNCCc1ccccc1C(=O)NCC[C@H](O)C(=O)O. The Hall–Kier alpha value is -1.92. The maximum Gasteiger partial charge on any atom is 0.332 e. The number of likely N-dealkylation sites (N-methyl/N-ethyl adjacent to an activating group) is 1. The fourth-order valence-corrected chi connectivity index (χ4v) is 1.76. The molecule has 0 aliphatic heterocycles. The fourth-order valence-electron chi connectivity index (χ4n) is 1.76. The normalized spacial score (nSPS) is 11.9. The third-order valence-electron chi connectivity index (χ3n) is 2.89. The molecule has 1 aromatic rings. The van der Waals surface area contributed by atoms with Crippen LogP contribution in [0.1, 0.15) is 22.3 Å². The number of carboxylic acids is 1. The lowest BCUT2D eigenvalue weighted by atomic mass is 10.0. The van der Waals surface area contributed by atoms with Crippen molar-refractivity contribution in [2.24, 2.45) is 0 Å². The van der Waals surface area contributed by atoms with Gasteiger partial charge in [0.05, 0.1) is 0 Å². The lowest BCUT2D eigenvalue weighted by Gasteiger charge is -2.11. The zero-order valence-electron chi connectivity index (χ0n) is 11.4. The van der Waals surface area contributed by atoms with Gasteiger partial charge in [0.1, 0.15) is 0 Å². The first-order chi connectivity index (χ1) is 9.56. The van der Waals surface area contributed by atoms with Crippen LogP contribution in [0.4, 0.5) is 0 Å². The summed E-state index contributed by atoms with van der Waals surface area (Å²) in [6.07, 6.45) is -0.729. The van der Waals surface area contributed by atoms with E-state index in [1.165, 1.54) is 0 Å². The predicted octanol–water partition coefficient (Wildman–Crippen LogP) is 0.0139. The average Bonchev–Trinajstić information content (AvgIpc) is 2.45. The summed E-state index contributed by atoms with van der Waals surface area (Å²) in [4.78, 5) is 22.5. The number of carboxylic acid groups (broad SMARTS) is 1. The van der Waals surface area contributed by atoms with E-state index in [1.807, 2.05) is 19.2 Å². The number of aliphatic carboxylic acids is 1.